The van der Waals surface area contributed by atoms with E-state index in [0.717, 1.165) is 34.8 Å². The van der Waals surface area contributed by atoms with Crippen LogP contribution in [0.3, 0.4) is 0 Å². The van der Waals surface area contributed by atoms with Crippen LogP contribution >= 0.6 is 0 Å². The minimum absolute atomic E-state index is 0.0109. The van der Waals surface area contributed by atoms with Crippen LogP contribution in [0, 0.1) is 13.8 Å². The molecule has 1 saturated heterocycles. The van der Waals surface area contributed by atoms with Gasteiger partial charge in [-0.05, 0) is 49.2 Å². The molecule has 1 aliphatic heterocycles. The second-order valence-electron chi connectivity index (χ2n) is 7.65. The molecule has 0 aromatic heterocycles. The van der Waals surface area contributed by atoms with Crippen molar-refractivity contribution in [3.8, 4) is 5.75 Å². The van der Waals surface area contributed by atoms with E-state index in [0.29, 0.717) is 30.9 Å². The van der Waals surface area contributed by atoms with E-state index in [1.165, 1.54) is 6.92 Å². The summed E-state index contributed by atoms with van der Waals surface area (Å²) in [6.45, 7) is 8.31. The summed E-state index contributed by atoms with van der Waals surface area (Å²) in [6, 6.07) is 12.5. The lowest BCUT2D eigenvalue weighted by Crippen LogP contribution is -3.15. The molecule has 7 nitrogen and oxygen atoms in total. The van der Waals surface area contributed by atoms with Crippen LogP contribution in [-0.4, -0.2) is 55.4 Å². The number of benzene rings is 2. The third-order valence-corrected chi connectivity index (χ3v) is 5.28. The number of ether oxygens (including phenoxy) is 1. The molecule has 30 heavy (non-hydrogen) atoms. The summed E-state index contributed by atoms with van der Waals surface area (Å²) in [4.78, 5) is 39.1. The Morgan fingerprint density at radius 3 is 2.17 bits per heavy atom. The van der Waals surface area contributed by atoms with Crippen molar-refractivity contribution < 1.29 is 24.0 Å². The Balaban J connectivity index is 1.50. The molecule has 0 saturated carbocycles. The predicted octanol–water partition coefficient (Wildman–Crippen LogP) is 1.21. The molecule has 2 aromatic carbocycles. The van der Waals surface area contributed by atoms with Gasteiger partial charge in [0.1, 0.15) is 5.75 Å². The van der Waals surface area contributed by atoms with Gasteiger partial charge in [0.05, 0.1) is 26.2 Å². The number of amides is 2. The van der Waals surface area contributed by atoms with Crippen LogP contribution in [0.5, 0.6) is 5.75 Å². The van der Waals surface area contributed by atoms with E-state index in [1.54, 1.807) is 29.2 Å². The fraction of sp³-hybridized carbons (Fsp3) is 0.348. The van der Waals surface area contributed by atoms with Gasteiger partial charge in [-0.2, -0.15) is 0 Å². The standard InChI is InChI=1S/C23H27N3O4/c1-16-5-4-6-17(2)22(16)24-21(28)15-25-11-13-26(14-12-25)23(29)19-7-9-20(10-8-19)30-18(3)27/h4-10H,11-15H2,1-3H3,(H,24,28)/p+1. The first-order valence-electron chi connectivity index (χ1n) is 10.1. The van der Waals surface area contributed by atoms with Crippen LogP contribution in [0.1, 0.15) is 28.4 Å². The molecule has 0 spiro atoms. The molecule has 0 unspecified atom stereocenters. The van der Waals surface area contributed by atoms with Gasteiger partial charge in [0, 0.05) is 18.2 Å². The molecule has 2 N–H and O–H groups in total. The number of nitrogens with zero attached hydrogens (tertiary/aromatic N) is 1. The molecule has 0 aliphatic carbocycles. The van der Waals surface area contributed by atoms with Gasteiger partial charge < -0.3 is 19.9 Å². The van der Waals surface area contributed by atoms with E-state index in [2.05, 4.69) is 5.32 Å². The van der Waals surface area contributed by atoms with Crippen LogP contribution in [0.4, 0.5) is 5.69 Å². The quantitative estimate of drug-likeness (QED) is 0.574. The van der Waals surface area contributed by atoms with Crippen LogP contribution in [-0.2, 0) is 9.59 Å². The van der Waals surface area contributed by atoms with Crippen molar-refractivity contribution in [1.82, 2.24) is 4.90 Å². The Hall–Kier alpha value is -3.19. The Morgan fingerprint density at radius 1 is 1.00 bits per heavy atom. The van der Waals surface area contributed by atoms with E-state index in [1.807, 2.05) is 32.0 Å². The molecule has 158 valence electrons. The first-order valence-corrected chi connectivity index (χ1v) is 10.1. The number of esters is 1. The van der Waals surface area contributed by atoms with E-state index < -0.39 is 5.97 Å². The molecule has 1 fully saturated rings. The van der Waals surface area contributed by atoms with Crippen molar-refractivity contribution in [1.29, 1.82) is 0 Å². The number of carbonyl (C=O) groups is 3. The Morgan fingerprint density at radius 2 is 1.60 bits per heavy atom. The topological polar surface area (TPSA) is 80.2 Å². The van der Waals surface area contributed by atoms with Gasteiger partial charge in [-0.15, -0.1) is 0 Å². The van der Waals surface area contributed by atoms with E-state index in [-0.39, 0.29) is 11.8 Å². The van der Waals surface area contributed by atoms with Crippen LogP contribution in [0.2, 0.25) is 0 Å². The molecule has 1 heterocycles. The molecule has 3 rings (SSSR count). The number of hydrogen-bond acceptors (Lipinski definition) is 4. The van der Waals surface area contributed by atoms with Gasteiger partial charge in [0.15, 0.2) is 6.54 Å². The number of anilines is 1. The second kappa shape index (κ2) is 9.54. The van der Waals surface area contributed by atoms with Crippen molar-refractivity contribution in [2.75, 3.05) is 38.0 Å². The Bertz CT molecular complexity index is 912. The number of carbonyl (C=O) groups excluding carboxylic acids is 3. The predicted molar refractivity (Wildman–Crippen MR) is 114 cm³/mol. The Kier molecular flexibility index (Phi) is 6.84. The van der Waals surface area contributed by atoms with Gasteiger partial charge in [-0.25, -0.2) is 0 Å². The maximum absolute atomic E-state index is 12.7. The molecular formula is C23H28N3O4+. The normalized spacial score (nSPS) is 14.3. The highest BCUT2D eigenvalue weighted by Gasteiger charge is 2.26. The largest absolute Gasteiger partial charge is 0.427 e. The Labute approximate surface area is 176 Å². The first-order chi connectivity index (χ1) is 14.3. The summed E-state index contributed by atoms with van der Waals surface area (Å²) >= 11 is 0. The molecule has 2 aromatic rings. The molecular weight excluding hydrogens is 382 g/mol. The van der Waals surface area contributed by atoms with E-state index in [9.17, 15) is 14.4 Å². The van der Waals surface area contributed by atoms with Crippen LogP contribution in [0.15, 0.2) is 42.5 Å². The number of rotatable bonds is 5. The summed E-state index contributed by atoms with van der Waals surface area (Å²) in [5, 5.41) is 3.03. The van der Waals surface area contributed by atoms with Crippen LogP contribution < -0.4 is 15.0 Å². The highest BCUT2D eigenvalue weighted by molar-refractivity contribution is 5.94. The summed E-state index contributed by atoms with van der Waals surface area (Å²) in [6.07, 6.45) is 0. The number of para-hydroxylation sites is 1. The maximum Gasteiger partial charge on any atom is 0.308 e. The van der Waals surface area contributed by atoms with Gasteiger partial charge >= 0.3 is 5.97 Å². The molecule has 0 bridgehead atoms. The highest BCUT2D eigenvalue weighted by atomic mass is 16.5. The van der Waals surface area contributed by atoms with Crippen molar-refractivity contribution in [3.63, 3.8) is 0 Å². The maximum atomic E-state index is 12.7. The third-order valence-electron chi connectivity index (χ3n) is 5.28. The van der Waals surface area contributed by atoms with Crippen LogP contribution in [0.25, 0.3) is 0 Å². The van der Waals surface area contributed by atoms with Gasteiger partial charge in [0.2, 0.25) is 0 Å². The average Bonchev–Trinajstić information content (AvgIpc) is 2.71. The third kappa shape index (κ3) is 5.45. The second-order valence-corrected chi connectivity index (χ2v) is 7.65. The van der Waals surface area contributed by atoms with Gasteiger partial charge in [0.25, 0.3) is 11.8 Å². The van der Waals surface area contributed by atoms with Gasteiger partial charge in [-0.3, -0.25) is 14.4 Å². The summed E-state index contributed by atoms with van der Waals surface area (Å²) in [7, 11) is 0. The minimum Gasteiger partial charge on any atom is -0.427 e. The molecule has 0 radical (unpaired) electrons. The highest BCUT2D eigenvalue weighted by Crippen LogP contribution is 2.19. The average molecular weight is 410 g/mol. The lowest BCUT2D eigenvalue weighted by molar-refractivity contribution is -0.895. The van der Waals surface area contributed by atoms with Crippen molar-refractivity contribution in [2.24, 2.45) is 0 Å². The van der Waals surface area contributed by atoms with E-state index >= 15 is 0 Å². The lowest BCUT2D eigenvalue weighted by Gasteiger charge is -2.32. The lowest BCUT2D eigenvalue weighted by atomic mass is 10.1. The summed E-state index contributed by atoms with van der Waals surface area (Å²) < 4.78 is 5.00. The number of aryl methyl sites for hydroxylation is 2. The van der Waals surface area contributed by atoms with E-state index in [4.69, 9.17) is 4.74 Å². The number of nitrogens with one attached hydrogen (secondary N) is 2. The zero-order chi connectivity index (χ0) is 21.7. The molecule has 0 atom stereocenters. The summed E-state index contributed by atoms with van der Waals surface area (Å²) in [5.41, 5.74) is 3.54. The fourth-order valence-electron chi connectivity index (χ4n) is 3.64. The van der Waals surface area contributed by atoms with Crippen molar-refractivity contribution >= 4 is 23.5 Å². The number of hydrogen-bond donors (Lipinski definition) is 2. The minimum atomic E-state index is -0.394. The fourth-order valence-corrected chi connectivity index (χ4v) is 3.64. The molecule has 2 amide bonds. The zero-order valence-corrected chi connectivity index (χ0v) is 17.7. The SMILES string of the molecule is CC(=O)Oc1ccc(C(=O)N2CC[NH+](CC(=O)Nc3c(C)cccc3C)CC2)cc1. The first kappa shape index (κ1) is 21.5. The number of piperazine rings is 1. The smallest absolute Gasteiger partial charge is 0.308 e. The monoisotopic (exact) mass is 410 g/mol. The summed E-state index contributed by atoms with van der Waals surface area (Å²) in [5.74, 6) is -0.0374. The van der Waals surface area contributed by atoms with Gasteiger partial charge in [-0.1, -0.05) is 18.2 Å². The van der Waals surface area contributed by atoms with Crippen molar-refractivity contribution in [3.05, 3.63) is 59.2 Å². The number of quaternary nitrogens is 1. The van der Waals surface area contributed by atoms with Crippen molar-refractivity contribution in [2.45, 2.75) is 20.8 Å². The molecule has 1 aliphatic rings. The zero-order valence-electron chi connectivity index (χ0n) is 17.7. The molecule has 7 heteroatoms.